The number of aromatic nitrogens is 1. The Kier molecular flexibility index (Phi) is 3.90. The molecule has 0 bridgehead atoms. The number of hydrogen-bond donors (Lipinski definition) is 1. The first kappa shape index (κ1) is 11.8. The molecule has 0 saturated heterocycles. The van der Waals surface area contributed by atoms with Gasteiger partial charge in [-0.25, -0.2) is 4.79 Å². The molecule has 0 aliphatic carbocycles. The zero-order valence-electron chi connectivity index (χ0n) is 9.11. The molecule has 0 aromatic carbocycles. The molecule has 15 heavy (non-hydrogen) atoms. The first-order valence-corrected chi connectivity index (χ1v) is 5.51. The van der Waals surface area contributed by atoms with Crippen LogP contribution in [0.5, 0.6) is 0 Å². The van der Waals surface area contributed by atoms with Crippen LogP contribution < -0.4 is 10.6 Å². The van der Waals surface area contributed by atoms with Crippen molar-refractivity contribution in [2.24, 2.45) is 0 Å². The van der Waals surface area contributed by atoms with E-state index in [2.05, 4.69) is 9.11 Å². The van der Waals surface area contributed by atoms with Gasteiger partial charge in [0.15, 0.2) is 5.82 Å². The molecule has 1 rings (SSSR count). The predicted octanol–water partition coefficient (Wildman–Crippen LogP) is 1.36. The molecule has 1 aromatic rings. The third kappa shape index (κ3) is 2.20. The van der Waals surface area contributed by atoms with Gasteiger partial charge in [-0.15, -0.1) is 0 Å². The highest BCUT2D eigenvalue weighted by molar-refractivity contribution is 7.11. The van der Waals surface area contributed by atoms with Crippen LogP contribution in [0.1, 0.15) is 24.2 Å². The summed E-state index contributed by atoms with van der Waals surface area (Å²) in [5.41, 5.74) is 6.02. The molecule has 0 aliphatic heterocycles. The van der Waals surface area contributed by atoms with Crippen molar-refractivity contribution in [1.29, 1.82) is 0 Å². The Labute approximate surface area is 93.0 Å². The monoisotopic (exact) mass is 229 g/mol. The minimum Gasteiger partial charge on any atom is -0.465 e. The van der Waals surface area contributed by atoms with Crippen LogP contribution in [0.4, 0.5) is 10.8 Å². The molecule has 0 aliphatic rings. The fourth-order valence-corrected chi connectivity index (χ4v) is 2.24. The van der Waals surface area contributed by atoms with Crippen LogP contribution in [-0.4, -0.2) is 30.5 Å². The molecule has 0 amide bonds. The van der Waals surface area contributed by atoms with E-state index in [1.54, 1.807) is 0 Å². The van der Waals surface area contributed by atoms with Crippen LogP contribution in [0.25, 0.3) is 0 Å². The van der Waals surface area contributed by atoms with Gasteiger partial charge >= 0.3 is 5.97 Å². The first-order valence-electron chi connectivity index (χ1n) is 4.74. The topological polar surface area (TPSA) is 68.5 Å². The molecular formula is C9H15N3O2S. The van der Waals surface area contributed by atoms with E-state index in [9.17, 15) is 4.79 Å². The average Bonchev–Trinajstić information content (AvgIpc) is 2.61. The molecule has 0 saturated carbocycles. The lowest BCUT2D eigenvalue weighted by Gasteiger charge is -2.19. The Morgan fingerprint density at radius 2 is 2.13 bits per heavy atom. The van der Waals surface area contributed by atoms with Crippen molar-refractivity contribution in [3.05, 3.63) is 5.56 Å². The number of nitrogens with two attached hydrogens (primary N) is 1. The zero-order chi connectivity index (χ0) is 11.4. The van der Waals surface area contributed by atoms with E-state index in [4.69, 9.17) is 5.73 Å². The Balaban J connectivity index is 3.13. The summed E-state index contributed by atoms with van der Waals surface area (Å²) in [4.78, 5) is 13.5. The van der Waals surface area contributed by atoms with Crippen LogP contribution in [0.3, 0.4) is 0 Å². The molecule has 0 spiro atoms. The lowest BCUT2D eigenvalue weighted by atomic mass is 10.3. The summed E-state index contributed by atoms with van der Waals surface area (Å²) >= 11 is 1.23. The summed E-state index contributed by atoms with van der Waals surface area (Å²) in [7, 11) is 1.34. The van der Waals surface area contributed by atoms with Crippen molar-refractivity contribution in [1.82, 2.24) is 4.37 Å². The molecule has 0 radical (unpaired) electrons. The molecule has 1 aromatic heterocycles. The Bertz CT molecular complexity index is 347. The number of ether oxygens (including phenoxy) is 1. The van der Waals surface area contributed by atoms with Crippen molar-refractivity contribution in [3.63, 3.8) is 0 Å². The van der Waals surface area contributed by atoms with E-state index >= 15 is 0 Å². The van der Waals surface area contributed by atoms with E-state index in [1.165, 1.54) is 18.6 Å². The quantitative estimate of drug-likeness (QED) is 0.789. The van der Waals surface area contributed by atoms with Gasteiger partial charge in [-0.2, -0.15) is 4.37 Å². The van der Waals surface area contributed by atoms with Gasteiger partial charge in [-0.05, 0) is 25.4 Å². The number of carbonyl (C=O) groups is 1. The van der Waals surface area contributed by atoms with Crippen molar-refractivity contribution in [2.75, 3.05) is 30.8 Å². The zero-order valence-corrected chi connectivity index (χ0v) is 9.93. The SMILES string of the molecule is CCN(CC)c1snc(N)c1C(=O)OC. The van der Waals surface area contributed by atoms with Crippen LogP contribution >= 0.6 is 11.5 Å². The van der Waals surface area contributed by atoms with E-state index in [0.29, 0.717) is 5.56 Å². The van der Waals surface area contributed by atoms with Crippen molar-refractivity contribution in [2.45, 2.75) is 13.8 Å². The third-order valence-corrected chi connectivity index (χ3v) is 3.06. The molecule has 6 heteroatoms. The standard InChI is InChI=1S/C9H15N3O2S/c1-4-12(5-2)8-6(9(13)14-3)7(10)11-15-8/h4-5H2,1-3H3,(H2,10,11). The molecular weight excluding hydrogens is 214 g/mol. The maximum atomic E-state index is 11.5. The minimum atomic E-state index is -0.428. The van der Waals surface area contributed by atoms with Crippen molar-refractivity contribution in [3.8, 4) is 0 Å². The second-order valence-corrected chi connectivity index (χ2v) is 3.66. The van der Waals surface area contributed by atoms with E-state index in [0.717, 1.165) is 18.1 Å². The average molecular weight is 229 g/mol. The fourth-order valence-electron chi connectivity index (χ4n) is 1.31. The van der Waals surface area contributed by atoms with Gasteiger partial charge in [0.25, 0.3) is 0 Å². The normalized spacial score (nSPS) is 10.1. The summed E-state index contributed by atoms with van der Waals surface area (Å²) in [6.07, 6.45) is 0. The Morgan fingerprint density at radius 3 is 2.60 bits per heavy atom. The third-order valence-electron chi connectivity index (χ3n) is 2.14. The van der Waals surface area contributed by atoms with Crippen LogP contribution in [-0.2, 0) is 4.74 Å². The number of methoxy groups -OCH3 is 1. The van der Waals surface area contributed by atoms with E-state index < -0.39 is 5.97 Å². The van der Waals surface area contributed by atoms with Gasteiger partial charge in [0, 0.05) is 13.1 Å². The number of carbonyl (C=O) groups excluding carboxylic acids is 1. The van der Waals surface area contributed by atoms with Crippen LogP contribution in [0.15, 0.2) is 0 Å². The largest absolute Gasteiger partial charge is 0.465 e. The van der Waals surface area contributed by atoms with Gasteiger partial charge in [-0.3, -0.25) is 0 Å². The number of anilines is 2. The highest BCUT2D eigenvalue weighted by Crippen LogP contribution is 2.30. The Hall–Kier alpha value is -1.30. The summed E-state index contributed by atoms with van der Waals surface area (Å²) < 4.78 is 8.66. The fraction of sp³-hybridized carbons (Fsp3) is 0.556. The molecule has 84 valence electrons. The summed E-state index contributed by atoms with van der Waals surface area (Å²) in [5, 5.41) is 0.782. The molecule has 5 nitrogen and oxygen atoms in total. The number of rotatable bonds is 4. The second kappa shape index (κ2) is 4.97. The summed E-state index contributed by atoms with van der Waals surface area (Å²) in [6.45, 7) is 5.64. The first-order chi connectivity index (χ1) is 7.15. The smallest absolute Gasteiger partial charge is 0.344 e. The summed E-state index contributed by atoms with van der Waals surface area (Å²) in [5.74, 6) is -0.183. The van der Waals surface area contributed by atoms with Crippen LogP contribution in [0, 0.1) is 0 Å². The summed E-state index contributed by atoms with van der Waals surface area (Å²) in [6, 6.07) is 0. The molecule has 2 N–H and O–H groups in total. The lowest BCUT2D eigenvalue weighted by molar-refractivity contribution is 0.0603. The Morgan fingerprint density at radius 1 is 1.53 bits per heavy atom. The number of hydrogen-bond acceptors (Lipinski definition) is 6. The van der Waals surface area contributed by atoms with E-state index in [1.807, 2.05) is 18.7 Å². The minimum absolute atomic E-state index is 0.244. The van der Waals surface area contributed by atoms with E-state index in [-0.39, 0.29) is 5.82 Å². The molecule has 0 unspecified atom stereocenters. The highest BCUT2D eigenvalue weighted by Gasteiger charge is 2.22. The van der Waals surface area contributed by atoms with Gasteiger partial charge in [-0.1, -0.05) is 0 Å². The lowest BCUT2D eigenvalue weighted by Crippen LogP contribution is -2.23. The van der Waals surface area contributed by atoms with Gasteiger partial charge in [0.05, 0.1) is 7.11 Å². The number of esters is 1. The molecule has 0 atom stereocenters. The maximum Gasteiger partial charge on any atom is 0.344 e. The molecule has 1 heterocycles. The molecule has 0 fully saturated rings. The number of nitrogen functional groups attached to an aromatic ring is 1. The number of nitrogens with zero attached hydrogens (tertiary/aromatic N) is 2. The van der Waals surface area contributed by atoms with Gasteiger partial charge in [0.2, 0.25) is 0 Å². The van der Waals surface area contributed by atoms with Crippen molar-refractivity contribution < 1.29 is 9.53 Å². The second-order valence-electron chi connectivity index (χ2n) is 2.91. The predicted molar refractivity (Wildman–Crippen MR) is 61.4 cm³/mol. The van der Waals surface area contributed by atoms with Crippen LogP contribution in [0.2, 0.25) is 0 Å². The van der Waals surface area contributed by atoms with Gasteiger partial charge < -0.3 is 15.4 Å². The van der Waals surface area contributed by atoms with Crippen molar-refractivity contribution >= 4 is 28.3 Å². The van der Waals surface area contributed by atoms with Gasteiger partial charge in [0.1, 0.15) is 10.6 Å². The maximum absolute atomic E-state index is 11.5. The highest BCUT2D eigenvalue weighted by atomic mass is 32.1.